The van der Waals surface area contributed by atoms with Crippen LogP contribution in [-0.4, -0.2) is 137 Å². The number of benzene rings is 6. The molecule has 0 radical (unpaired) electrons. The standard InChI is InChI=1S/C31H36F3N3O4.C29H32F3N3O4.C20H22F3N3O4.C17H21F3O2/c1-3-40-30(38)29-27(37(36-35-29)19-21-9-14-25(39-2)15-10-21)17-20-7-11-22(12-8-20)24-13-16-28(41-31(32,33)34)26(18-24)23-5-4-6-23;1-38-23-12-7-19(8-13-23)17-35-25(27(28(36)37)33-34-35)15-18-5-9-20(10-6-18)22-11-14-26(39-29(30,31)32)24(16-22)21-3-2-4-21;21-20(22,23)30-16-9-6-13(10-15(16)12-2-1-3-12)11-4-7-14(8-5-11)29-18-17(19(27)28)24-26-25-18;18-17(19,20)22-16-9-6-13(10-15(16)12-2-1-3-12)11-4-7-14(21)8-5-11/h9-10,13-16,18,20,22-23H,3-8,11-12,17,19H2,1-2H3;7-8,11-14,16,18,20-21H,2-6,9-10,15,17H2,1H3,(H,36,37);6,9-12,14H,1-5,7-8H2,(H,27,28)(H,24,25,26);6,9-12,14,21H,1-5,7-8H2. The topological polar surface area (TPSA) is 289 Å². The van der Waals surface area contributed by atoms with Gasteiger partial charge in [-0.3, -0.25) is 0 Å². The molecule has 8 aliphatic rings. The van der Waals surface area contributed by atoms with Crippen molar-refractivity contribution < 1.29 is 120 Å². The molecule has 9 aromatic rings. The van der Waals surface area contributed by atoms with Crippen LogP contribution in [0.3, 0.4) is 0 Å². The fourth-order valence-electron chi connectivity index (χ4n) is 19.4. The first-order chi connectivity index (χ1) is 63.2. The van der Waals surface area contributed by atoms with Gasteiger partial charge in [0.15, 0.2) is 11.4 Å². The third kappa shape index (κ3) is 26.0. The highest BCUT2D eigenvalue weighted by Crippen LogP contribution is 2.51. The lowest BCUT2D eigenvalue weighted by molar-refractivity contribution is -0.276. The van der Waals surface area contributed by atoms with E-state index in [1.165, 1.54) is 24.3 Å². The normalized spacial score (nSPS) is 21.4. The molecule has 712 valence electrons. The van der Waals surface area contributed by atoms with Gasteiger partial charge in [-0.2, -0.15) is 0 Å². The average Bonchev–Trinajstić information content (AvgIpc) is 1.66. The molecule has 35 heteroatoms. The van der Waals surface area contributed by atoms with Gasteiger partial charge in [0.1, 0.15) is 40.6 Å². The highest BCUT2D eigenvalue weighted by Gasteiger charge is 2.41. The molecular weight excluding hydrogens is 1740 g/mol. The fourth-order valence-corrected chi connectivity index (χ4v) is 19.4. The maximum absolute atomic E-state index is 13.0. The van der Waals surface area contributed by atoms with Crippen molar-refractivity contribution in [3.63, 3.8) is 0 Å². The molecular formula is C97H111F12N9O14. The van der Waals surface area contributed by atoms with Crippen LogP contribution in [0.5, 0.6) is 40.4 Å². The van der Waals surface area contributed by atoms with Crippen molar-refractivity contribution in [3.05, 3.63) is 205 Å². The minimum Gasteiger partial charge on any atom is -0.497 e. The van der Waals surface area contributed by atoms with Gasteiger partial charge in [0.25, 0.3) is 5.88 Å². The summed E-state index contributed by atoms with van der Waals surface area (Å²) in [6.07, 6.45) is 6.88. The molecule has 0 bridgehead atoms. The van der Waals surface area contributed by atoms with Gasteiger partial charge in [0.05, 0.1) is 51.4 Å². The van der Waals surface area contributed by atoms with E-state index in [1.54, 1.807) is 54.8 Å². The second kappa shape index (κ2) is 43.3. The van der Waals surface area contributed by atoms with Crippen LogP contribution in [0.4, 0.5) is 52.7 Å². The minimum absolute atomic E-state index is 0.0176. The number of H-pyrrole nitrogens is 1. The molecule has 23 nitrogen and oxygen atoms in total. The Balaban J connectivity index is 0.000000145. The van der Waals surface area contributed by atoms with Gasteiger partial charge in [-0.1, -0.05) is 119 Å². The highest BCUT2D eigenvalue weighted by molar-refractivity contribution is 5.88. The molecule has 3 aromatic heterocycles. The largest absolute Gasteiger partial charge is 0.573 e. The Morgan fingerprint density at radius 1 is 0.402 bits per heavy atom. The number of aromatic amines is 1. The number of esters is 1. The lowest BCUT2D eigenvalue weighted by Crippen LogP contribution is -2.24. The lowest BCUT2D eigenvalue weighted by atomic mass is 9.74. The molecule has 0 spiro atoms. The molecule has 8 fully saturated rings. The summed E-state index contributed by atoms with van der Waals surface area (Å²) >= 11 is 0. The number of ether oxygens (including phenoxy) is 8. The molecule has 0 unspecified atom stereocenters. The summed E-state index contributed by atoms with van der Waals surface area (Å²) in [5.41, 5.74) is 10.3. The number of halogens is 12. The van der Waals surface area contributed by atoms with E-state index >= 15 is 0 Å². The van der Waals surface area contributed by atoms with Crippen molar-refractivity contribution in [1.29, 1.82) is 0 Å². The summed E-state index contributed by atoms with van der Waals surface area (Å²) in [5.74, 6) is 0.653. The number of aliphatic hydroxyl groups excluding tert-OH is 1. The van der Waals surface area contributed by atoms with Gasteiger partial charge < -0.3 is 53.2 Å². The second-order valence-electron chi connectivity index (χ2n) is 35.9. The van der Waals surface area contributed by atoms with Crippen molar-refractivity contribution >= 4 is 17.9 Å². The fraction of sp³-hybridized carbons (Fsp3) is 0.536. The molecule has 8 saturated carbocycles. The van der Waals surface area contributed by atoms with Crippen LogP contribution >= 0.6 is 0 Å². The third-order valence-electron chi connectivity index (χ3n) is 27.5. The van der Waals surface area contributed by atoms with Crippen LogP contribution in [0.15, 0.2) is 121 Å². The molecule has 132 heavy (non-hydrogen) atoms. The molecule has 0 atom stereocenters. The van der Waals surface area contributed by atoms with Crippen molar-refractivity contribution in [3.8, 4) is 40.4 Å². The zero-order valence-corrected chi connectivity index (χ0v) is 73.8. The van der Waals surface area contributed by atoms with Crippen molar-refractivity contribution in [2.24, 2.45) is 11.8 Å². The Kier molecular flexibility index (Phi) is 31.8. The molecule has 0 saturated heterocycles. The summed E-state index contributed by atoms with van der Waals surface area (Å²) in [4.78, 5) is 35.7. The Morgan fingerprint density at radius 3 is 1.03 bits per heavy atom. The molecule has 17 rings (SSSR count). The van der Waals surface area contributed by atoms with Crippen molar-refractivity contribution in [2.45, 2.75) is 298 Å². The van der Waals surface area contributed by atoms with Gasteiger partial charge >= 0.3 is 43.4 Å². The summed E-state index contributed by atoms with van der Waals surface area (Å²) in [6, 6.07) is 35.8. The van der Waals surface area contributed by atoms with Crippen molar-refractivity contribution in [2.75, 3.05) is 20.8 Å². The number of nitrogens with one attached hydrogen (secondary N) is 1. The predicted molar refractivity (Wildman–Crippen MR) is 459 cm³/mol. The smallest absolute Gasteiger partial charge is 0.497 e. The van der Waals surface area contributed by atoms with Crippen LogP contribution in [0, 0.1) is 11.8 Å². The summed E-state index contributed by atoms with van der Waals surface area (Å²) < 4.78 is 196. The number of hydrogen-bond acceptors (Lipinski definition) is 18. The van der Waals surface area contributed by atoms with Crippen LogP contribution in [0.2, 0.25) is 0 Å². The van der Waals surface area contributed by atoms with Gasteiger partial charge in [-0.05, 0) is 337 Å². The maximum atomic E-state index is 13.0. The average molecular weight is 1850 g/mol. The highest BCUT2D eigenvalue weighted by atomic mass is 19.4. The SMILES string of the molecule is CCOC(=O)c1nnn(Cc2ccc(OC)cc2)c1CC1CCC(c2ccc(OC(F)(F)F)c(C3CCC3)c2)CC1.COc1ccc(Cn2nnc(C(=O)O)c2CC2CCC(c3ccc(OC(F)(F)F)c(C4CCC4)c3)CC2)cc1.O=C(O)c1[nH]nnc1OC1CCC(c2ccc(OC(F)(F)F)c(C3CCC3)c2)CC1.OC1CCC(c2ccc(OC(F)(F)F)c(C3CCC3)c2)CC1. The Morgan fingerprint density at radius 2 is 0.727 bits per heavy atom. The first-order valence-electron chi connectivity index (χ1n) is 45.7. The number of aromatic nitrogens is 9. The van der Waals surface area contributed by atoms with Gasteiger partial charge in [0, 0.05) is 0 Å². The van der Waals surface area contributed by atoms with E-state index in [1.807, 2.05) is 72.8 Å². The Labute approximate surface area is 756 Å². The molecule has 0 amide bonds. The zero-order chi connectivity index (χ0) is 93.6. The molecule has 4 N–H and O–H groups in total. The van der Waals surface area contributed by atoms with Gasteiger partial charge in [0.2, 0.25) is 5.69 Å². The monoisotopic (exact) mass is 1850 g/mol. The number of methoxy groups -OCH3 is 2. The number of carbonyl (C=O) groups is 3. The number of alkyl halides is 12. The number of carboxylic acids is 2. The van der Waals surface area contributed by atoms with E-state index in [2.05, 4.69) is 55.0 Å². The first-order valence-corrected chi connectivity index (χ1v) is 45.7. The van der Waals surface area contributed by atoms with Gasteiger partial charge in [-0.15, -0.1) is 62.9 Å². The van der Waals surface area contributed by atoms with E-state index in [0.717, 1.165) is 218 Å². The Hall–Kier alpha value is -11.1. The molecule has 0 aliphatic heterocycles. The summed E-state index contributed by atoms with van der Waals surface area (Å²) in [5, 5.41) is 54.4. The molecule has 6 aromatic carbocycles. The number of carbonyl (C=O) groups excluding carboxylic acids is 1. The van der Waals surface area contributed by atoms with E-state index in [9.17, 15) is 77.3 Å². The number of carboxylic acid groups (broad SMARTS) is 2. The Bertz CT molecular complexity index is 5300. The van der Waals surface area contributed by atoms with Crippen LogP contribution < -0.4 is 33.2 Å². The predicted octanol–water partition coefficient (Wildman–Crippen LogP) is 23.6. The number of aromatic carboxylic acids is 2. The number of nitrogens with zero attached hydrogens (tertiary/aromatic N) is 8. The summed E-state index contributed by atoms with van der Waals surface area (Å²) in [6.45, 7) is 2.89. The lowest BCUT2D eigenvalue weighted by Gasteiger charge is -2.32. The minimum atomic E-state index is -4.71. The van der Waals surface area contributed by atoms with E-state index in [-0.39, 0.29) is 112 Å². The van der Waals surface area contributed by atoms with Crippen LogP contribution in [0.1, 0.15) is 333 Å². The van der Waals surface area contributed by atoms with Gasteiger partial charge in [-0.25, -0.2) is 28.8 Å². The van der Waals surface area contributed by atoms with Crippen LogP contribution in [0.25, 0.3) is 0 Å². The van der Waals surface area contributed by atoms with E-state index in [0.29, 0.717) is 78.6 Å². The van der Waals surface area contributed by atoms with Crippen LogP contribution in [-0.2, 0) is 30.7 Å². The summed E-state index contributed by atoms with van der Waals surface area (Å²) in [7, 11) is 3.22. The molecule has 3 heterocycles. The number of rotatable bonds is 28. The van der Waals surface area contributed by atoms with Crippen molar-refractivity contribution in [1.82, 2.24) is 45.4 Å². The third-order valence-corrected chi connectivity index (χ3v) is 27.5. The van der Waals surface area contributed by atoms with E-state index in [4.69, 9.17) is 24.1 Å². The number of aliphatic hydroxyl groups is 1. The molecule has 8 aliphatic carbocycles. The van der Waals surface area contributed by atoms with E-state index < -0.39 is 43.4 Å². The first kappa shape index (κ1) is 96.9. The zero-order valence-electron chi connectivity index (χ0n) is 73.8. The number of hydrogen-bond donors (Lipinski definition) is 4. The second-order valence-corrected chi connectivity index (χ2v) is 35.9. The maximum Gasteiger partial charge on any atom is 0.573 e. The quantitative estimate of drug-likeness (QED) is 0.0262.